The van der Waals surface area contributed by atoms with Crippen molar-refractivity contribution in [3.63, 3.8) is 0 Å². The Labute approximate surface area is 325 Å². The SMILES string of the molecule is [2H]C([2H])([2H])c1c[n+]2c(cc1C([2H])([2H])C(C)(C)C)-c1c(ccc3c1oc1c3ccc3c4ccccc4c4ccccc4c31)C21c2ccccc2-c2cc[c]([Ge]([CH3])([CH3])[CH3])c[n+]21. The number of aryl methyl sites for hydroxylation is 1. The van der Waals surface area contributed by atoms with Crippen LogP contribution in [-0.4, -0.2) is 13.3 Å². The predicted octanol–water partition coefficient (Wildman–Crippen LogP) is 11.3. The summed E-state index contributed by atoms with van der Waals surface area (Å²) in [5.41, 5.74) is 5.43. The van der Waals surface area contributed by atoms with E-state index in [0.717, 1.165) is 76.9 Å². The molecule has 0 saturated carbocycles. The molecule has 4 heteroatoms. The van der Waals surface area contributed by atoms with Crippen molar-refractivity contribution in [3.05, 3.63) is 150 Å². The molecule has 3 aromatic heterocycles. The first-order valence-corrected chi connectivity index (χ1v) is 26.3. The van der Waals surface area contributed by atoms with Crippen LogP contribution in [0.15, 0.2) is 132 Å². The van der Waals surface area contributed by atoms with Gasteiger partial charge in [-0.05, 0) is 5.39 Å². The van der Waals surface area contributed by atoms with Gasteiger partial charge in [0.05, 0.1) is 0 Å². The summed E-state index contributed by atoms with van der Waals surface area (Å²) in [5, 5.41) is 8.76. The molecule has 262 valence electrons. The van der Waals surface area contributed by atoms with Crippen LogP contribution in [0.4, 0.5) is 0 Å². The normalized spacial score (nSPS) is 18.1. The number of hydrogen-bond donors (Lipinski definition) is 0. The van der Waals surface area contributed by atoms with E-state index in [-0.39, 0.29) is 11.1 Å². The number of furan rings is 1. The van der Waals surface area contributed by atoms with E-state index in [1.54, 1.807) is 6.20 Å². The van der Waals surface area contributed by atoms with Crippen LogP contribution >= 0.6 is 0 Å². The molecule has 2 aliphatic rings. The molecule has 0 N–H and O–H groups in total. The fourth-order valence-electron chi connectivity index (χ4n) is 9.57. The summed E-state index contributed by atoms with van der Waals surface area (Å²) in [6.07, 6.45) is 2.06. The molecule has 1 spiro atoms. The quantitative estimate of drug-likeness (QED) is 0.0975. The zero-order chi connectivity index (χ0) is 41.2. The molecular weight excluding hydrogens is 717 g/mol. The molecule has 6 aromatic carbocycles. The van der Waals surface area contributed by atoms with Crippen LogP contribution in [0.2, 0.25) is 17.3 Å². The Morgan fingerprint density at radius 1 is 0.648 bits per heavy atom. The van der Waals surface area contributed by atoms with Crippen LogP contribution in [0.5, 0.6) is 0 Å². The van der Waals surface area contributed by atoms with Crippen LogP contribution in [0.3, 0.4) is 0 Å². The Morgan fingerprint density at radius 3 is 1.98 bits per heavy atom. The molecule has 1 unspecified atom stereocenters. The second-order valence-electron chi connectivity index (χ2n) is 17.3. The van der Waals surface area contributed by atoms with Gasteiger partial charge in [-0.1, -0.05) is 42.5 Å². The van der Waals surface area contributed by atoms with Crippen LogP contribution < -0.4 is 13.5 Å². The van der Waals surface area contributed by atoms with E-state index in [0.29, 0.717) is 5.58 Å². The fourth-order valence-corrected chi connectivity index (χ4v) is 11.9. The molecule has 0 amide bonds. The average Bonchev–Trinajstić information content (AvgIpc) is 3.82. The summed E-state index contributed by atoms with van der Waals surface area (Å²) >= 11 is -2.43. The zero-order valence-corrected chi connectivity index (χ0v) is 33.5. The first-order chi connectivity index (χ1) is 27.9. The van der Waals surface area contributed by atoms with Gasteiger partial charge in [0.15, 0.2) is 0 Å². The summed E-state index contributed by atoms with van der Waals surface area (Å²) < 4.78 is 59.1. The monoisotopic (exact) mass is 767 g/mol. The van der Waals surface area contributed by atoms with Crippen LogP contribution in [0.1, 0.15) is 49.9 Å². The number of aromatic nitrogens is 2. The summed E-state index contributed by atoms with van der Waals surface area (Å²) in [5.74, 6) is 7.18. The number of benzene rings is 6. The minimum atomic E-state index is -2.60. The van der Waals surface area contributed by atoms with E-state index in [9.17, 15) is 2.74 Å². The van der Waals surface area contributed by atoms with Gasteiger partial charge in [0.2, 0.25) is 0 Å². The Hall–Kier alpha value is -5.26. The number of rotatable bonds is 2. The molecule has 2 aliphatic heterocycles. The van der Waals surface area contributed by atoms with E-state index in [1.165, 1.54) is 9.78 Å². The van der Waals surface area contributed by atoms with Crippen LogP contribution in [0.25, 0.3) is 76.8 Å². The third-order valence-electron chi connectivity index (χ3n) is 11.8. The van der Waals surface area contributed by atoms with Crippen molar-refractivity contribution in [2.24, 2.45) is 5.41 Å². The molecule has 11 rings (SSSR count). The van der Waals surface area contributed by atoms with E-state index in [2.05, 4.69) is 142 Å². The van der Waals surface area contributed by atoms with Crippen LogP contribution in [0, 0.1) is 12.3 Å². The topological polar surface area (TPSA) is 20.9 Å². The van der Waals surface area contributed by atoms with E-state index >= 15 is 0 Å². The van der Waals surface area contributed by atoms with E-state index in [1.807, 2.05) is 26.8 Å². The predicted molar refractivity (Wildman–Crippen MR) is 226 cm³/mol. The fraction of sp³-hybridized carbons (Fsp3) is 0.200. The molecule has 0 saturated heterocycles. The summed E-state index contributed by atoms with van der Waals surface area (Å²) in [6, 6.07) is 40.7. The van der Waals surface area contributed by atoms with Crippen molar-refractivity contribution in [2.45, 2.75) is 56.9 Å². The van der Waals surface area contributed by atoms with Gasteiger partial charge in [-0.15, -0.1) is 0 Å². The van der Waals surface area contributed by atoms with Crippen molar-refractivity contribution in [1.82, 2.24) is 0 Å². The molecule has 0 fully saturated rings. The molecule has 5 heterocycles. The number of pyridine rings is 2. The summed E-state index contributed by atoms with van der Waals surface area (Å²) in [6.45, 7) is 2.90. The molecule has 1 atom stereocenters. The minimum absolute atomic E-state index is 0.00899. The molecule has 0 bridgehead atoms. The van der Waals surface area contributed by atoms with Gasteiger partial charge in [-0.2, -0.15) is 0 Å². The van der Waals surface area contributed by atoms with E-state index in [4.69, 9.17) is 8.53 Å². The molecular formula is C50H44GeN2O+2. The molecule has 0 radical (unpaired) electrons. The van der Waals surface area contributed by atoms with Crippen molar-refractivity contribution < 1.29 is 20.4 Å². The number of hydrogen-bond acceptors (Lipinski definition) is 1. The molecule has 3 nitrogen and oxygen atoms in total. The van der Waals surface area contributed by atoms with Crippen LogP contribution in [-0.2, 0) is 12.0 Å². The van der Waals surface area contributed by atoms with Gasteiger partial charge in [0, 0.05) is 0 Å². The second kappa shape index (κ2) is 10.7. The maximum atomic E-state index is 9.59. The number of fused-ring (bicyclic) bond motifs is 21. The van der Waals surface area contributed by atoms with Crippen molar-refractivity contribution in [3.8, 4) is 22.5 Å². The Kier molecular flexibility index (Phi) is 5.42. The first kappa shape index (κ1) is 27.3. The summed E-state index contributed by atoms with van der Waals surface area (Å²) in [7, 11) is 0. The van der Waals surface area contributed by atoms with Gasteiger partial charge in [-0.25, -0.2) is 0 Å². The van der Waals surface area contributed by atoms with Gasteiger partial charge in [0.25, 0.3) is 0 Å². The Balaban J connectivity index is 1.36. The molecule has 9 aromatic rings. The van der Waals surface area contributed by atoms with Gasteiger partial charge in [-0.3, -0.25) is 0 Å². The Bertz CT molecular complexity index is 3300. The Morgan fingerprint density at radius 2 is 1.26 bits per heavy atom. The maximum absolute atomic E-state index is 9.59. The third-order valence-corrected chi connectivity index (χ3v) is 16.1. The van der Waals surface area contributed by atoms with Gasteiger partial charge in [0.1, 0.15) is 0 Å². The van der Waals surface area contributed by atoms with Crippen molar-refractivity contribution in [1.29, 1.82) is 0 Å². The first-order valence-electron chi connectivity index (χ1n) is 21.4. The molecule has 54 heavy (non-hydrogen) atoms. The molecule has 0 aliphatic carbocycles. The third kappa shape index (κ3) is 4.14. The van der Waals surface area contributed by atoms with Gasteiger partial charge >= 0.3 is 279 Å². The van der Waals surface area contributed by atoms with Crippen molar-refractivity contribution >= 4 is 71.9 Å². The average molecular weight is 767 g/mol. The summed E-state index contributed by atoms with van der Waals surface area (Å²) in [4.78, 5) is 0. The van der Waals surface area contributed by atoms with Gasteiger partial charge < -0.3 is 0 Å². The zero-order valence-electron chi connectivity index (χ0n) is 36.4. The second-order valence-corrected chi connectivity index (χ2v) is 27.9. The number of nitrogens with zero attached hydrogens (tertiary/aromatic N) is 2. The van der Waals surface area contributed by atoms with Crippen molar-refractivity contribution in [2.75, 3.05) is 0 Å². The van der Waals surface area contributed by atoms with E-state index < -0.39 is 37.6 Å². The standard InChI is InChI=1S/C50H44GeN2O/c1-30-28-52-44(26-31(30)27-49(2,3)4)46-42(50(52)41-19-13-12-18-40(41)43-25-20-32(29-53(43)50)51(5,6)7)24-23-39-38-22-21-37-35-16-9-8-14-33(35)34-15-10-11-17-36(34)45(37)47(38)54-48(39)46/h8-26,28-29H,27H2,1-7H3/q+2/i1D3,27D2.